The van der Waals surface area contributed by atoms with E-state index >= 15 is 0 Å². The van der Waals surface area contributed by atoms with Crippen LogP contribution in [0, 0.1) is 13.8 Å². The van der Waals surface area contributed by atoms with Crippen molar-refractivity contribution in [3.8, 4) is 5.75 Å². The molecule has 132 valence electrons. The highest BCUT2D eigenvalue weighted by atomic mass is 16.5. The average Bonchev–Trinajstić information content (AvgIpc) is 2.53. The van der Waals surface area contributed by atoms with E-state index in [4.69, 9.17) is 4.74 Å². The second-order valence-corrected chi connectivity index (χ2v) is 6.05. The van der Waals surface area contributed by atoms with Crippen LogP contribution in [0.2, 0.25) is 0 Å². The van der Waals surface area contributed by atoms with Crippen molar-refractivity contribution in [1.29, 1.82) is 0 Å². The van der Waals surface area contributed by atoms with Gasteiger partial charge < -0.3 is 15.4 Å². The number of amides is 2. The number of nitrogens with one attached hydrogen (secondary N) is 2. The van der Waals surface area contributed by atoms with Crippen molar-refractivity contribution in [3.63, 3.8) is 0 Å². The summed E-state index contributed by atoms with van der Waals surface area (Å²) in [4.78, 5) is 23.9. The van der Waals surface area contributed by atoms with E-state index in [9.17, 15) is 9.59 Å². The average molecular weight is 340 g/mol. The molecule has 0 radical (unpaired) electrons. The molecule has 25 heavy (non-hydrogen) atoms. The third-order valence-corrected chi connectivity index (χ3v) is 3.70. The maximum atomic E-state index is 12.0. The van der Waals surface area contributed by atoms with Gasteiger partial charge in [0, 0.05) is 12.2 Å². The van der Waals surface area contributed by atoms with Crippen molar-refractivity contribution in [3.05, 3.63) is 59.2 Å². The van der Waals surface area contributed by atoms with Crippen LogP contribution in [-0.4, -0.2) is 25.5 Å². The minimum atomic E-state index is -0.316. The van der Waals surface area contributed by atoms with E-state index in [1.165, 1.54) is 0 Å². The highest BCUT2D eigenvalue weighted by Gasteiger charge is 2.10. The van der Waals surface area contributed by atoms with Gasteiger partial charge in [-0.15, -0.1) is 0 Å². The number of carbonyl (C=O) groups is 2. The van der Waals surface area contributed by atoms with Gasteiger partial charge in [-0.25, -0.2) is 0 Å². The molecular weight excluding hydrogens is 316 g/mol. The number of rotatable bonds is 7. The Morgan fingerprint density at radius 3 is 2.40 bits per heavy atom. The minimum absolute atomic E-state index is 0.189. The van der Waals surface area contributed by atoms with Crippen molar-refractivity contribution >= 4 is 17.5 Å². The van der Waals surface area contributed by atoms with Gasteiger partial charge >= 0.3 is 0 Å². The first-order valence-electron chi connectivity index (χ1n) is 8.24. The van der Waals surface area contributed by atoms with Gasteiger partial charge in [0.2, 0.25) is 11.8 Å². The summed E-state index contributed by atoms with van der Waals surface area (Å²) in [6, 6.07) is 13.5. The van der Waals surface area contributed by atoms with Crippen molar-refractivity contribution in [1.82, 2.24) is 5.32 Å². The summed E-state index contributed by atoms with van der Waals surface area (Å²) in [6.07, 6.45) is 0.493. The minimum Gasteiger partial charge on any atom is -0.497 e. The number of anilines is 1. The van der Waals surface area contributed by atoms with Crippen LogP contribution in [0.15, 0.2) is 42.5 Å². The SMILES string of the molecule is COc1cccc(CCNC(=O)CC(=O)Nc2cc(C)cc(C)c2)c1. The molecular formula is C20H24N2O3. The molecule has 5 nitrogen and oxygen atoms in total. The molecule has 0 spiro atoms. The van der Waals surface area contributed by atoms with Crippen LogP contribution in [0.3, 0.4) is 0 Å². The van der Waals surface area contributed by atoms with E-state index in [1.807, 2.05) is 56.3 Å². The standard InChI is InChI=1S/C20H24N2O3/c1-14-9-15(2)11-17(10-14)22-20(24)13-19(23)21-8-7-16-5-4-6-18(12-16)25-3/h4-6,9-12H,7-8,13H2,1-3H3,(H,21,23)(H,22,24). The molecule has 0 heterocycles. The number of hydrogen-bond donors (Lipinski definition) is 2. The molecule has 0 bridgehead atoms. The van der Waals surface area contributed by atoms with Crippen LogP contribution in [0.4, 0.5) is 5.69 Å². The Morgan fingerprint density at radius 2 is 1.72 bits per heavy atom. The Balaban J connectivity index is 1.76. The molecule has 0 fully saturated rings. The zero-order valence-corrected chi connectivity index (χ0v) is 14.9. The van der Waals surface area contributed by atoms with Gasteiger partial charge in [-0.05, 0) is 61.2 Å². The molecule has 0 saturated carbocycles. The third-order valence-electron chi connectivity index (χ3n) is 3.70. The molecule has 5 heteroatoms. The monoisotopic (exact) mass is 340 g/mol. The Morgan fingerprint density at radius 1 is 1.00 bits per heavy atom. The molecule has 2 amide bonds. The Kier molecular flexibility index (Phi) is 6.57. The van der Waals surface area contributed by atoms with Gasteiger partial charge in [0.15, 0.2) is 0 Å². The molecule has 0 aliphatic carbocycles. The van der Waals surface area contributed by atoms with Crippen molar-refractivity contribution < 1.29 is 14.3 Å². The van der Waals surface area contributed by atoms with E-state index < -0.39 is 0 Å². The molecule has 2 aromatic carbocycles. The predicted molar refractivity (Wildman–Crippen MR) is 98.9 cm³/mol. The van der Waals surface area contributed by atoms with Gasteiger partial charge in [0.1, 0.15) is 12.2 Å². The van der Waals surface area contributed by atoms with E-state index in [1.54, 1.807) is 7.11 Å². The smallest absolute Gasteiger partial charge is 0.233 e. The first kappa shape index (κ1) is 18.5. The van der Waals surface area contributed by atoms with Crippen molar-refractivity contribution in [2.45, 2.75) is 26.7 Å². The highest BCUT2D eigenvalue weighted by Crippen LogP contribution is 2.14. The zero-order valence-electron chi connectivity index (χ0n) is 14.9. The van der Waals surface area contributed by atoms with Gasteiger partial charge in [0.05, 0.1) is 7.11 Å². The van der Waals surface area contributed by atoms with E-state index in [2.05, 4.69) is 10.6 Å². The number of benzene rings is 2. The normalized spacial score (nSPS) is 10.2. The summed E-state index contributed by atoms with van der Waals surface area (Å²) in [6.45, 7) is 4.41. The van der Waals surface area contributed by atoms with Gasteiger partial charge in [0.25, 0.3) is 0 Å². The number of ether oxygens (including phenoxy) is 1. The third kappa shape index (κ3) is 6.30. The Hall–Kier alpha value is -2.82. The second-order valence-electron chi connectivity index (χ2n) is 6.05. The molecule has 0 atom stereocenters. The largest absolute Gasteiger partial charge is 0.497 e. The first-order chi connectivity index (χ1) is 12.0. The topological polar surface area (TPSA) is 67.4 Å². The van der Waals surface area contributed by atoms with Gasteiger partial charge in [-0.3, -0.25) is 9.59 Å². The number of aryl methyl sites for hydroxylation is 2. The fourth-order valence-corrected chi connectivity index (χ4v) is 2.63. The van der Waals surface area contributed by atoms with Crippen LogP contribution in [0.5, 0.6) is 5.75 Å². The number of carbonyl (C=O) groups excluding carboxylic acids is 2. The fraction of sp³-hybridized carbons (Fsp3) is 0.300. The molecule has 2 aromatic rings. The Bertz CT molecular complexity index is 736. The maximum Gasteiger partial charge on any atom is 0.233 e. The highest BCUT2D eigenvalue weighted by molar-refractivity contribution is 6.03. The lowest BCUT2D eigenvalue weighted by Gasteiger charge is -2.09. The van der Waals surface area contributed by atoms with E-state index in [0.29, 0.717) is 18.7 Å². The van der Waals surface area contributed by atoms with Crippen LogP contribution in [-0.2, 0) is 16.0 Å². The molecule has 0 saturated heterocycles. The van der Waals surface area contributed by atoms with Crippen molar-refractivity contribution in [2.24, 2.45) is 0 Å². The number of methoxy groups -OCH3 is 1. The fourth-order valence-electron chi connectivity index (χ4n) is 2.63. The molecule has 0 aromatic heterocycles. The van der Waals surface area contributed by atoms with E-state index in [-0.39, 0.29) is 18.2 Å². The zero-order chi connectivity index (χ0) is 18.2. The summed E-state index contributed by atoms with van der Waals surface area (Å²) >= 11 is 0. The predicted octanol–water partition coefficient (Wildman–Crippen LogP) is 3.00. The molecule has 2 rings (SSSR count). The van der Waals surface area contributed by atoms with Gasteiger partial charge in [-0.1, -0.05) is 18.2 Å². The molecule has 0 aliphatic heterocycles. The summed E-state index contributed by atoms with van der Waals surface area (Å²) < 4.78 is 5.17. The number of hydrogen-bond acceptors (Lipinski definition) is 3. The van der Waals surface area contributed by atoms with Crippen LogP contribution in [0.25, 0.3) is 0 Å². The maximum absolute atomic E-state index is 12.0. The summed E-state index contributed by atoms with van der Waals surface area (Å²) in [5.74, 6) is 0.185. The second kappa shape index (κ2) is 8.87. The van der Waals surface area contributed by atoms with Crippen molar-refractivity contribution in [2.75, 3.05) is 19.0 Å². The summed E-state index contributed by atoms with van der Waals surface area (Å²) in [5.41, 5.74) is 3.92. The lowest BCUT2D eigenvalue weighted by Crippen LogP contribution is -2.29. The summed E-state index contributed by atoms with van der Waals surface area (Å²) in [7, 11) is 1.62. The van der Waals surface area contributed by atoms with Crippen LogP contribution < -0.4 is 15.4 Å². The lowest BCUT2D eigenvalue weighted by molar-refractivity contribution is -0.126. The summed E-state index contributed by atoms with van der Waals surface area (Å²) in [5, 5.41) is 5.53. The van der Waals surface area contributed by atoms with E-state index in [0.717, 1.165) is 22.4 Å². The Labute approximate surface area is 148 Å². The van der Waals surface area contributed by atoms with Crippen LogP contribution >= 0.6 is 0 Å². The van der Waals surface area contributed by atoms with Gasteiger partial charge in [-0.2, -0.15) is 0 Å². The van der Waals surface area contributed by atoms with Crippen LogP contribution in [0.1, 0.15) is 23.1 Å². The quantitative estimate of drug-likeness (QED) is 0.762. The molecule has 0 aliphatic rings. The molecule has 0 unspecified atom stereocenters. The molecule has 2 N–H and O–H groups in total. The lowest BCUT2D eigenvalue weighted by atomic mass is 10.1. The first-order valence-corrected chi connectivity index (χ1v) is 8.24.